The molecule has 0 unspecified atom stereocenters. The molecule has 2 aromatic rings. The van der Waals surface area contributed by atoms with E-state index in [-0.39, 0.29) is 33.7 Å². The van der Waals surface area contributed by atoms with Crippen LogP contribution < -0.4 is 19.5 Å². The summed E-state index contributed by atoms with van der Waals surface area (Å²) < 4.78 is 50.9. The fourth-order valence-corrected chi connectivity index (χ4v) is 3.61. The second-order valence-corrected chi connectivity index (χ2v) is 7.66. The fraction of sp³-hybridized carbons (Fsp3) is 0.278. The van der Waals surface area contributed by atoms with Crippen LogP contribution in [0.25, 0.3) is 0 Å². The Morgan fingerprint density at radius 1 is 1.04 bits per heavy atom. The molecule has 7 nitrogen and oxygen atoms in total. The van der Waals surface area contributed by atoms with Crippen LogP contribution in [0.1, 0.15) is 24.2 Å². The molecule has 0 aliphatic rings. The SMILES string of the molecule is COc1ccc(C(=O)Nc2cc(S(=O)(=O)NC(C)C)ccc2OC)cc1F. The van der Waals surface area contributed by atoms with E-state index in [0.29, 0.717) is 0 Å². The number of hydrogen-bond acceptors (Lipinski definition) is 5. The topological polar surface area (TPSA) is 93.7 Å². The minimum Gasteiger partial charge on any atom is -0.495 e. The maximum absolute atomic E-state index is 13.8. The molecule has 9 heteroatoms. The third kappa shape index (κ3) is 4.95. The lowest BCUT2D eigenvalue weighted by molar-refractivity contribution is 0.102. The van der Waals surface area contributed by atoms with Crippen LogP contribution in [-0.2, 0) is 10.0 Å². The summed E-state index contributed by atoms with van der Waals surface area (Å²) >= 11 is 0. The first-order chi connectivity index (χ1) is 12.7. The summed E-state index contributed by atoms with van der Waals surface area (Å²) in [6, 6.07) is 7.53. The zero-order valence-corrected chi connectivity index (χ0v) is 16.2. The van der Waals surface area contributed by atoms with Gasteiger partial charge in [0.1, 0.15) is 5.75 Å². The lowest BCUT2D eigenvalue weighted by Gasteiger charge is -2.14. The number of nitrogens with one attached hydrogen (secondary N) is 2. The van der Waals surface area contributed by atoms with Crippen molar-refractivity contribution < 1.29 is 27.1 Å². The summed E-state index contributed by atoms with van der Waals surface area (Å²) in [5.74, 6) is -1.03. The molecule has 0 saturated carbocycles. The van der Waals surface area contributed by atoms with Gasteiger partial charge in [-0.05, 0) is 50.2 Å². The van der Waals surface area contributed by atoms with Crippen molar-refractivity contribution in [2.24, 2.45) is 0 Å². The summed E-state index contributed by atoms with van der Waals surface area (Å²) in [5, 5.41) is 2.54. The molecular formula is C18H21FN2O5S. The van der Waals surface area contributed by atoms with Crippen LogP contribution in [0.2, 0.25) is 0 Å². The quantitative estimate of drug-likeness (QED) is 0.751. The second-order valence-electron chi connectivity index (χ2n) is 5.94. The lowest BCUT2D eigenvalue weighted by Crippen LogP contribution is -2.30. The molecule has 0 aliphatic heterocycles. The third-order valence-electron chi connectivity index (χ3n) is 3.53. The van der Waals surface area contributed by atoms with E-state index in [4.69, 9.17) is 9.47 Å². The molecule has 2 rings (SSSR count). The molecule has 1 amide bonds. The minimum atomic E-state index is -3.76. The molecule has 2 N–H and O–H groups in total. The molecule has 0 radical (unpaired) electrons. The summed E-state index contributed by atoms with van der Waals surface area (Å²) in [6.45, 7) is 3.39. The number of methoxy groups -OCH3 is 2. The van der Waals surface area contributed by atoms with E-state index < -0.39 is 21.7 Å². The highest BCUT2D eigenvalue weighted by molar-refractivity contribution is 7.89. The summed E-state index contributed by atoms with van der Waals surface area (Å²) in [5.41, 5.74) is 0.189. The predicted octanol–water partition coefficient (Wildman–Crippen LogP) is 2.78. The fourth-order valence-electron chi connectivity index (χ4n) is 2.33. The largest absolute Gasteiger partial charge is 0.495 e. The molecule has 0 aliphatic carbocycles. The highest BCUT2D eigenvalue weighted by atomic mass is 32.2. The Labute approximate surface area is 157 Å². The van der Waals surface area contributed by atoms with Crippen molar-refractivity contribution >= 4 is 21.6 Å². The zero-order chi connectivity index (χ0) is 20.2. The van der Waals surface area contributed by atoms with Gasteiger partial charge in [0.05, 0.1) is 24.8 Å². The molecule has 0 aromatic heterocycles. The normalized spacial score (nSPS) is 11.3. The van der Waals surface area contributed by atoms with Gasteiger partial charge in [0.25, 0.3) is 5.91 Å². The number of anilines is 1. The number of benzene rings is 2. The van der Waals surface area contributed by atoms with Crippen molar-refractivity contribution in [3.05, 3.63) is 47.8 Å². The molecule has 0 heterocycles. The lowest BCUT2D eigenvalue weighted by atomic mass is 10.2. The second kappa shape index (κ2) is 8.36. The highest BCUT2D eigenvalue weighted by Crippen LogP contribution is 2.28. The average Bonchev–Trinajstić information content (AvgIpc) is 2.60. The summed E-state index contributed by atoms with van der Waals surface area (Å²) in [4.78, 5) is 12.4. The van der Waals surface area contributed by atoms with Crippen molar-refractivity contribution in [3.63, 3.8) is 0 Å². The van der Waals surface area contributed by atoms with Crippen molar-refractivity contribution in [1.29, 1.82) is 0 Å². The Balaban J connectivity index is 2.35. The van der Waals surface area contributed by atoms with E-state index in [1.165, 1.54) is 44.6 Å². The van der Waals surface area contributed by atoms with Crippen LogP contribution in [0.5, 0.6) is 11.5 Å². The zero-order valence-electron chi connectivity index (χ0n) is 15.4. The maximum atomic E-state index is 13.8. The van der Waals surface area contributed by atoms with Crippen LogP contribution in [0.15, 0.2) is 41.3 Å². The molecule has 146 valence electrons. The van der Waals surface area contributed by atoms with E-state index >= 15 is 0 Å². The van der Waals surface area contributed by atoms with Gasteiger partial charge in [0.15, 0.2) is 11.6 Å². The van der Waals surface area contributed by atoms with Gasteiger partial charge < -0.3 is 14.8 Å². The number of carbonyl (C=O) groups is 1. The molecule has 2 aromatic carbocycles. The van der Waals surface area contributed by atoms with Crippen LogP contribution in [0.3, 0.4) is 0 Å². The highest BCUT2D eigenvalue weighted by Gasteiger charge is 2.19. The van der Waals surface area contributed by atoms with E-state index in [0.717, 1.165) is 6.07 Å². The van der Waals surface area contributed by atoms with Gasteiger partial charge in [-0.1, -0.05) is 0 Å². The number of sulfonamides is 1. The predicted molar refractivity (Wildman–Crippen MR) is 99.4 cm³/mol. The van der Waals surface area contributed by atoms with Crippen molar-refractivity contribution in [3.8, 4) is 11.5 Å². The third-order valence-corrected chi connectivity index (χ3v) is 5.19. The van der Waals surface area contributed by atoms with Gasteiger partial charge >= 0.3 is 0 Å². The standard InChI is InChI=1S/C18H21FN2O5S/c1-11(2)21-27(23,24)13-6-8-17(26-4)15(10-13)20-18(22)12-5-7-16(25-3)14(19)9-12/h5-11,21H,1-4H3,(H,20,22). The van der Waals surface area contributed by atoms with Crippen LogP contribution in [0.4, 0.5) is 10.1 Å². The average molecular weight is 396 g/mol. The van der Waals surface area contributed by atoms with Gasteiger partial charge in [0.2, 0.25) is 10.0 Å². The first-order valence-corrected chi connectivity index (χ1v) is 9.51. The Bertz CT molecular complexity index is 945. The molecule has 27 heavy (non-hydrogen) atoms. The number of hydrogen-bond donors (Lipinski definition) is 2. The molecule has 0 atom stereocenters. The van der Waals surface area contributed by atoms with Crippen LogP contribution >= 0.6 is 0 Å². The number of halogens is 1. The first-order valence-electron chi connectivity index (χ1n) is 8.03. The summed E-state index contributed by atoms with van der Waals surface area (Å²) in [6.07, 6.45) is 0. The molecule has 0 bridgehead atoms. The van der Waals surface area contributed by atoms with Gasteiger partial charge in [-0.3, -0.25) is 4.79 Å². The molecule has 0 saturated heterocycles. The Morgan fingerprint density at radius 3 is 2.22 bits per heavy atom. The maximum Gasteiger partial charge on any atom is 0.255 e. The van der Waals surface area contributed by atoms with E-state index in [1.54, 1.807) is 13.8 Å². The smallest absolute Gasteiger partial charge is 0.255 e. The van der Waals surface area contributed by atoms with Crippen molar-refractivity contribution in [2.75, 3.05) is 19.5 Å². The van der Waals surface area contributed by atoms with Crippen LogP contribution in [-0.4, -0.2) is 34.6 Å². The first kappa shape index (κ1) is 20.7. The Hall–Kier alpha value is -2.65. The van der Waals surface area contributed by atoms with E-state index in [2.05, 4.69) is 10.0 Å². The van der Waals surface area contributed by atoms with Gasteiger partial charge in [-0.2, -0.15) is 0 Å². The summed E-state index contributed by atoms with van der Waals surface area (Å²) in [7, 11) is -1.05. The molecule has 0 fully saturated rings. The molecular weight excluding hydrogens is 375 g/mol. The molecule has 0 spiro atoms. The number of rotatable bonds is 7. The monoisotopic (exact) mass is 396 g/mol. The number of carbonyl (C=O) groups excluding carboxylic acids is 1. The Morgan fingerprint density at radius 2 is 1.67 bits per heavy atom. The number of amides is 1. The van der Waals surface area contributed by atoms with E-state index in [1.807, 2.05) is 0 Å². The number of ether oxygens (including phenoxy) is 2. The van der Waals surface area contributed by atoms with Crippen LogP contribution in [0, 0.1) is 5.82 Å². The van der Waals surface area contributed by atoms with Crippen molar-refractivity contribution in [1.82, 2.24) is 4.72 Å². The van der Waals surface area contributed by atoms with E-state index in [9.17, 15) is 17.6 Å². The van der Waals surface area contributed by atoms with Gasteiger partial charge in [-0.25, -0.2) is 17.5 Å². The van der Waals surface area contributed by atoms with Crippen molar-refractivity contribution in [2.45, 2.75) is 24.8 Å². The van der Waals surface area contributed by atoms with Gasteiger partial charge in [-0.15, -0.1) is 0 Å². The van der Waals surface area contributed by atoms with Gasteiger partial charge in [0, 0.05) is 11.6 Å². The Kier molecular flexibility index (Phi) is 6.40. The minimum absolute atomic E-state index is 0.0111.